The summed E-state index contributed by atoms with van der Waals surface area (Å²) in [5.41, 5.74) is 1.70. The molecule has 0 saturated heterocycles. The van der Waals surface area contributed by atoms with E-state index in [1.165, 1.54) is 11.8 Å². The Morgan fingerprint density at radius 3 is 2.63 bits per heavy atom. The van der Waals surface area contributed by atoms with Gasteiger partial charge in [-0.2, -0.15) is 0 Å². The van der Waals surface area contributed by atoms with E-state index in [-0.39, 0.29) is 11.4 Å². The summed E-state index contributed by atoms with van der Waals surface area (Å²) in [4.78, 5) is 12.8. The van der Waals surface area contributed by atoms with Gasteiger partial charge in [0.15, 0.2) is 5.16 Å². The zero-order valence-electron chi connectivity index (χ0n) is 15.0. The summed E-state index contributed by atoms with van der Waals surface area (Å²) in [5, 5.41) is 12.0. The van der Waals surface area contributed by atoms with E-state index < -0.39 is 0 Å². The van der Waals surface area contributed by atoms with Crippen molar-refractivity contribution < 1.29 is 4.74 Å². The molecule has 2 aromatic carbocycles. The predicted molar refractivity (Wildman–Crippen MR) is 112 cm³/mol. The number of nitrogens with zero attached hydrogens (tertiary/aromatic N) is 3. The van der Waals surface area contributed by atoms with Gasteiger partial charge in [0, 0.05) is 22.5 Å². The van der Waals surface area contributed by atoms with Gasteiger partial charge in [-0.3, -0.25) is 9.36 Å². The second-order valence-electron chi connectivity index (χ2n) is 5.65. The topological polar surface area (TPSA) is 69.0 Å². The largest absolute Gasteiger partial charge is 0.497 e. The summed E-state index contributed by atoms with van der Waals surface area (Å²) in [6.45, 7) is 2.44. The molecule has 1 heterocycles. The van der Waals surface area contributed by atoms with Crippen molar-refractivity contribution in [3.8, 4) is 5.75 Å². The Kier molecular flexibility index (Phi) is 6.52. The van der Waals surface area contributed by atoms with Crippen molar-refractivity contribution in [1.29, 1.82) is 0 Å². The van der Waals surface area contributed by atoms with Crippen LogP contribution in [0.3, 0.4) is 0 Å². The molecule has 3 aromatic rings. The lowest BCUT2D eigenvalue weighted by molar-refractivity contribution is 0.414. The molecule has 0 radical (unpaired) electrons. The average molecular weight is 447 g/mol. The van der Waals surface area contributed by atoms with E-state index >= 15 is 0 Å². The maximum absolute atomic E-state index is 12.8. The van der Waals surface area contributed by atoms with E-state index in [2.05, 4.69) is 31.4 Å². The molecule has 0 fully saturated rings. The molecule has 0 aliphatic carbocycles. The van der Waals surface area contributed by atoms with E-state index in [4.69, 9.17) is 4.74 Å². The number of thioether (sulfide) groups is 1. The second kappa shape index (κ2) is 9.05. The van der Waals surface area contributed by atoms with Gasteiger partial charge >= 0.3 is 0 Å². The van der Waals surface area contributed by atoms with Crippen LogP contribution in [0.1, 0.15) is 12.5 Å². The van der Waals surface area contributed by atoms with Gasteiger partial charge in [-0.05, 0) is 42.8 Å². The lowest BCUT2D eigenvalue weighted by Gasteiger charge is -2.11. The number of hydrogen-bond donors (Lipinski definition) is 1. The lowest BCUT2D eigenvalue weighted by atomic mass is 10.2. The van der Waals surface area contributed by atoms with Crippen molar-refractivity contribution in [3.63, 3.8) is 0 Å². The molecule has 0 aliphatic heterocycles. The first-order valence-corrected chi connectivity index (χ1v) is 10.1. The van der Waals surface area contributed by atoms with Gasteiger partial charge in [-0.15, -0.1) is 10.2 Å². The molecule has 0 unspecified atom stereocenters. The summed E-state index contributed by atoms with van der Waals surface area (Å²) >= 11 is 4.90. The molecule has 0 spiro atoms. The number of anilines is 2. The molecular weight excluding hydrogens is 428 g/mol. The van der Waals surface area contributed by atoms with Crippen molar-refractivity contribution in [2.24, 2.45) is 0 Å². The van der Waals surface area contributed by atoms with Gasteiger partial charge in [0.1, 0.15) is 5.75 Å². The highest BCUT2D eigenvalue weighted by Crippen LogP contribution is 2.22. The Hall–Kier alpha value is -2.32. The maximum Gasteiger partial charge on any atom is 0.297 e. The Morgan fingerprint density at radius 1 is 1.19 bits per heavy atom. The molecule has 0 atom stereocenters. The number of halogens is 1. The first-order chi connectivity index (χ1) is 13.1. The fourth-order valence-corrected chi connectivity index (χ4v) is 3.79. The van der Waals surface area contributed by atoms with E-state index in [1.54, 1.807) is 11.7 Å². The Balaban J connectivity index is 1.78. The standard InChI is InChI=1S/C19H19BrN4O2S/c1-3-24-18(25)17(21-15-6-4-5-14(20)11-15)22-23-19(24)27-12-13-7-9-16(26-2)10-8-13/h4-11H,3,12H2,1-2H3,(H,21,22). The summed E-state index contributed by atoms with van der Waals surface area (Å²) in [7, 11) is 1.64. The van der Waals surface area contributed by atoms with Crippen LogP contribution in [0.2, 0.25) is 0 Å². The fraction of sp³-hybridized carbons (Fsp3) is 0.211. The highest BCUT2D eigenvalue weighted by molar-refractivity contribution is 9.10. The van der Waals surface area contributed by atoms with Crippen LogP contribution < -0.4 is 15.6 Å². The van der Waals surface area contributed by atoms with Gasteiger partial charge in [0.05, 0.1) is 7.11 Å². The monoisotopic (exact) mass is 446 g/mol. The van der Waals surface area contributed by atoms with Crippen LogP contribution in [0.4, 0.5) is 11.5 Å². The normalized spacial score (nSPS) is 10.6. The minimum absolute atomic E-state index is 0.190. The number of ether oxygens (including phenoxy) is 1. The minimum Gasteiger partial charge on any atom is -0.497 e. The van der Waals surface area contributed by atoms with Gasteiger partial charge < -0.3 is 10.1 Å². The molecule has 8 heteroatoms. The van der Waals surface area contributed by atoms with Gasteiger partial charge in [0.25, 0.3) is 5.56 Å². The molecule has 0 saturated carbocycles. The number of benzene rings is 2. The third-order valence-electron chi connectivity index (χ3n) is 3.84. The van der Waals surface area contributed by atoms with Gasteiger partial charge in [-0.25, -0.2) is 0 Å². The molecule has 1 aromatic heterocycles. The second-order valence-corrected chi connectivity index (χ2v) is 7.51. The zero-order chi connectivity index (χ0) is 19.2. The smallest absolute Gasteiger partial charge is 0.297 e. The molecule has 6 nitrogen and oxygen atoms in total. The summed E-state index contributed by atoms with van der Waals surface area (Å²) < 4.78 is 7.71. The van der Waals surface area contributed by atoms with Crippen LogP contribution in [-0.2, 0) is 12.3 Å². The summed E-state index contributed by atoms with van der Waals surface area (Å²) in [6, 6.07) is 15.4. The number of rotatable bonds is 7. The van der Waals surface area contributed by atoms with Gasteiger partial charge in [0.2, 0.25) is 5.82 Å². The highest BCUT2D eigenvalue weighted by Gasteiger charge is 2.12. The quantitative estimate of drug-likeness (QED) is 0.540. The minimum atomic E-state index is -0.190. The Bertz CT molecular complexity index is 976. The van der Waals surface area contributed by atoms with Crippen molar-refractivity contribution in [3.05, 3.63) is 68.9 Å². The predicted octanol–water partition coefficient (Wildman–Crippen LogP) is 4.47. The highest BCUT2D eigenvalue weighted by atomic mass is 79.9. The van der Waals surface area contributed by atoms with Crippen molar-refractivity contribution in [2.45, 2.75) is 24.4 Å². The molecule has 0 aliphatic rings. The van der Waals surface area contributed by atoms with Crippen LogP contribution in [0.15, 0.2) is 63.0 Å². The SMILES string of the molecule is CCn1c(SCc2ccc(OC)cc2)nnc(Nc2cccc(Br)c2)c1=O. The lowest BCUT2D eigenvalue weighted by Crippen LogP contribution is -2.26. The Labute approximate surface area is 170 Å². The third kappa shape index (κ3) is 4.90. The van der Waals surface area contributed by atoms with Crippen LogP contribution >= 0.6 is 27.7 Å². The fourth-order valence-electron chi connectivity index (χ4n) is 2.44. The van der Waals surface area contributed by atoms with E-state index in [9.17, 15) is 4.79 Å². The summed E-state index contributed by atoms with van der Waals surface area (Å²) in [5.74, 6) is 1.72. The van der Waals surface area contributed by atoms with Crippen LogP contribution in [0, 0.1) is 0 Å². The first-order valence-electron chi connectivity index (χ1n) is 8.36. The third-order valence-corrected chi connectivity index (χ3v) is 5.38. The molecule has 0 amide bonds. The number of nitrogens with one attached hydrogen (secondary N) is 1. The molecular formula is C19H19BrN4O2S. The first kappa shape index (κ1) is 19.4. The molecule has 0 bridgehead atoms. The number of aromatic nitrogens is 3. The zero-order valence-corrected chi connectivity index (χ0v) is 17.4. The molecule has 27 heavy (non-hydrogen) atoms. The molecule has 140 valence electrons. The van der Waals surface area contributed by atoms with Crippen LogP contribution in [-0.4, -0.2) is 21.9 Å². The molecule has 3 rings (SSSR count). The van der Waals surface area contributed by atoms with E-state index in [0.717, 1.165) is 21.5 Å². The summed E-state index contributed by atoms with van der Waals surface area (Å²) in [6.07, 6.45) is 0. The molecule has 1 N–H and O–H groups in total. The van der Waals surface area contributed by atoms with Crippen LogP contribution in [0.5, 0.6) is 5.75 Å². The van der Waals surface area contributed by atoms with Gasteiger partial charge in [-0.1, -0.05) is 45.9 Å². The Morgan fingerprint density at radius 2 is 1.96 bits per heavy atom. The van der Waals surface area contributed by atoms with E-state index in [0.29, 0.717) is 17.5 Å². The van der Waals surface area contributed by atoms with Crippen molar-refractivity contribution in [2.75, 3.05) is 12.4 Å². The van der Waals surface area contributed by atoms with Crippen molar-refractivity contribution >= 4 is 39.2 Å². The average Bonchev–Trinajstić information content (AvgIpc) is 2.68. The van der Waals surface area contributed by atoms with Crippen LogP contribution in [0.25, 0.3) is 0 Å². The van der Waals surface area contributed by atoms with E-state index in [1.807, 2.05) is 55.5 Å². The van der Waals surface area contributed by atoms with Crippen molar-refractivity contribution in [1.82, 2.24) is 14.8 Å². The maximum atomic E-state index is 12.8. The number of methoxy groups -OCH3 is 1. The number of hydrogen-bond acceptors (Lipinski definition) is 6.